The second-order valence-corrected chi connectivity index (χ2v) is 4.88. The fraction of sp³-hybridized carbons (Fsp3) is 0.571. The van der Waals surface area contributed by atoms with Crippen LogP contribution in [-0.2, 0) is 6.54 Å². The summed E-state index contributed by atoms with van der Waals surface area (Å²) in [5.41, 5.74) is 4.36. The molecule has 0 aromatic heterocycles. The minimum Gasteiger partial charge on any atom is -0.316 e. The van der Waals surface area contributed by atoms with Crippen molar-refractivity contribution < 1.29 is 0 Å². The Labute approximate surface area is 98.7 Å². The molecule has 1 N–H and O–H groups in total. The van der Waals surface area contributed by atoms with Gasteiger partial charge in [0.05, 0.1) is 0 Å². The van der Waals surface area contributed by atoms with E-state index in [1.807, 2.05) is 0 Å². The minimum absolute atomic E-state index is 0.685. The summed E-state index contributed by atoms with van der Waals surface area (Å²) >= 11 is 0. The summed E-state index contributed by atoms with van der Waals surface area (Å²) in [7, 11) is 2.06. The van der Waals surface area contributed by atoms with Crippen LogP contribution in [0.2, 0.25) is 0 Å². The molecule has 1 heterocycles. The van der Waals surface area contributed by atoms with Gasteiger partial charge in [-0.3, -0.25) is 4.90 Å². The smallest absolute Gasteiger partial charge is 0.0239 e. The molecule has 88 valence electrons. The fourth-order valence-electron chi connectivity index (χ4n) is 2.53. The maximum atomic E-state index is 3.37. The van der Waals surface area contributed by atoms with Gasteiger partial charge in [-0.15, -0.1) is 0 Å². The second-order valence-electron chi connectivity index (χ2n) is 4.88. The molecule has 1 unspecified atom stereocenters. The number of hydrogen-bond acceptors (Lipinski definition) is 2. The molecular weight excluding hydrogens is 196 g/mol. The lowest BCUT2D eigenvalue weighted by molar-refractivity contribution is 0.321. The number of nitrogens with zero attached hydrogens (tertiary/aromatic N) is 1. The van der Waals surface area contributed by atoms with Crippen molar-refractivity contribution in [2.75, 3.05) is 20.1 Å². The quantitative estimate of drug-likeness (QED) is 0.836. The Morgan fingerprint density at radius 2 is 2.00 bits per heavy atom. The van der Waals surface area contributed by atoms with Crippen LogP contribution in [0.25, 0.3) is 0 Å². The number of rotatable bonds is 3. The van der Waals surface area contributed by atoms with Crippen molar-refractivity contribution in [1.29, 1.82) is 0 Å². The summed E-state index contributed by atoms with van der Waals surface area (Å²) in [5.74, 6) is 0. The van der Waals surface area contributed by atoms with Crippen molar-refractivity contribution in [3.05, 3.63) is 34.9 Å². The zero-order valence-electron chi connectivity index (χ0n) is 10.6. The lowest BCUT2D eigenvalue weighted by Crippen LogP contribution is -2.29. The maximum absolute atomic E-state index is 3.37. The Bertz CT molecular complexity index is 340. The van der Waals surface area contributed by atoms with Crippen LogP contribution in [0, 0.1) is 13.8 Å². The van der Waals surface area contributed by atoms with E-state index in [0.717, 1.165) is 6.54 Å². The second kappa shape index (κ2) is 4.98. The van der Waals surface area contributed by atoms with Gasteiger partial charge in [0.15, 0.2) is 0 Å². The Balaban J connectivity index is 2.04. The van der Waals surface area contributed by atoms with Crippen molar-refractivity contribution in [1.82, 2.24) is 10.2 Å². The van der Waals surface area contributed by atoms with Crippen molar-refractivity contribution in [3.8, 4) is 0 Å². The van der Waals surface area contributed by atoms with Crippen LogP contribution in [-0.4, -0.2) is 31.1 Å². The minimum atomic E-state index is 0.685. The number of likely N-dealkylation sites (tertiary alicyclic amines) is 1. The van der Waals surface area contributed by atoms with Crippen LogP contribution in [0.4, 0.5) is 0 Å². The average molecular weight is 218 g/mol. The van der Waals surface area contributed by atoms with E-state index in [1.165, 1.54) is 36.2 Å². The van der Waals surface area contributed by atoms with E-state index in [-0.39, 0.29) is 0 Å². The van der Waals surface area contributed by atoms with Crippen molar-refractivity contribution >= 4 is 0 Å². The SMILES string of the molecule is CNC1CCN(Cc2c(C)cccc2C)C1. The summed E-state index contributed by atoms with van der Waals surface area (Å²) in [4.78, 5) is 2.55. The third kappa shape index (κ3) is 2.45. The van der Waals surface area contributed by atoms with Gasteiger partial charge in [-0.25, -0.2) is 0 Å². The molecular formula is C14H22N2. The predicted molar refractivity (Wildman–Crippen MR) is 68.7 cm³/mol. The van der Waals surface area contributed by atoms with Crippen molar-refractivity contribution in [2.45, 2.75) is 32.9 Å². The largest absolute Gasteiger partial charge is 0.316 e. The summed E-state index contributed by atoms with van der Waals surface area (Å²) in [5, 5.41) is 3.37. The molecule has 1 aliphatic rings. The molecule has 2 heteroatoms. The third-order valence-electron chi connectivity index (χ3n) is 3.71. The van der Waals surface area contributed by atoms with Crippen LogP contribution < -0.4 is 5.32 Å². The van der Waals surface area contributed by atoms with Gasteiger partial charge >= 0.3 is 0 Å². The number of likely N-dealkylation sites (N-methyl/N-ethyl adjacent to an activating group) is 1. The highest BCUT2D eigenvalue weighted by molar-refractivity contribution is 5.33. The van der Waals surface area contributed by atoms with Gasteiger partial charge in [0.2, 0.25) is 0 Å². The van der Waals surface area contributed by atoms with E-state index in [4.69, 9.17) is 0 Å². The van der Waals surface area contributed by atoms with Gasteiger partial charge in [0, 0.05) is 25.7 Å². The molecule has 1 fully saturated rings. The first-order chi connectivity index (χ1) is 7.70. The lowest BCUT2D eigenvalue weighted by Gasteiger charge is -2.19. The molecule has 1 saturated heterocycles. The molecule has 2 rings (SSSR count). The molecule has 1 atom stereocenters. The maximum Gasteiger partial charge on any atom is 0.0239 e. The molecule has 1 aromatic rings. The zero-order chi connectivity index (χ0) is 11.5. The van der Waals surface area contributed by atoms with Gasteiger partial charge in [-0.2, -0.15) is 0 Å². The predicted octanol–water partition coefficient (Wildman–Crippen LogP) is 2.10. The van der Waals surface area contributed by atoms with Crippen molar-refractivity contribution in [2.24, 2.45) is 0 Å². The van der Waals surface area contributed by atoms with Gasteiger partial charge in [-0.1, -0.05) is 18.2 Å². The molecule has 1 aromatic carbocycles. The molecule has 1 aliphatic heterocycles. The van der Waals surface area contributed by atoms with Gasteiger partial charge < -0.3 is 5.32 Å². The van der Waals surface area contributed by atoms with Gasteiger partial charge in [-0.05, 0) is 44.0 Å². The van der Waals surface area contributed by atoms with E-state index < -0.39 is 0 Å². The molecule has 2 nitrogen and oxygen atoms in total. The standard InChI is InChI=1S/C14H22N2/c1-11-5-4-6-12(2)14(11)10-16-8-7-13(9-16)15-3/h4-6,13,15H,7-10H2,1-3H3. The normalized spacial score (nSPS) is 21.6. The molecule has 0 spiro atoms. The van der Waals surface area contributed by atoms with Crippen LogP contribution in [0.5, 0.6) is 0 Å². The average Bonchev–Trinajstić information content (AvgIpc) is 2.71. The van der Waals surface area contributed by atoms with E-state index in [1.54, 1.807) is 0 Å². The highest BCUT2D eigenvalue weighted by Crippen LogP contribution is 2.18. The molecule has 0 radical (unpaired) electrons. The van der Waals surface area contributed by atoms with Gasteiger partial charge in [0.25, 0.3) is 0 Å². The Morgan fingerprint density at radius 3 is 2.56 bits per heavy atom. The first-order valence-corrected chi connectivity index (χ1v) is 6.15. The number of nitrogens with one attached hydrogen (secondary N) is 1. The van der Waals surface area contributed by atoms with Crippen LogP contribution in [0.3, 0.4) is 0 Å². The number of benzene rings is 1. The monoisotopic (exact) mass is 218 g/mol. The highest BCUT2D eigenvalue weighted by atomic mass is 15.2. The topological polar surface area (TPSA) is 15.3 Å². The number of aryl methyl sites for hydroxylation is 2. The Morgan fingerprint density at radius 1 is 1.31 bits per heavy atom. The molecule has 0 bridgehead atoms. The third-order valence-corrected chi connectivity index (χ3v) is 3.71. The first-order valence-electron chi connectivity index (χ1n) is 6.15. The van der Waals surface area contributed by atoms with Crippen LogP contribution in [0.15, 0.2) is 18.2 Å². The van der Waals surface area contributed by atoms with E-state index >= 15 is 0 Å². The summed E-state index contributed by atoms with van der Waals surface area (Å²) < 4.78 is 0. The Hall–Kier alpha value is -0.860. The summed E-state index contributed by atoms with van der Waals surface area (Å²) in [6.07, 6.45) is 1.28. The summed E-state index contributed by atoms with van der Waals surface area (Å²) in [6.45, 7) is 7.95. The molecule has 0 aliphatic carbocycles. The van der Waals surface area contributed by atoms with Gasteiger partial charge in [0.1, 0.15) is 0 Å². The first kappa shape index (κ1) is 11.6. The van der Waals surface area contributed by atoms with E-state index in [0.29, 0.717) is 6.04 Å². The van der Waals surface area contributed by atoms with E-state index in [9.17, 15) is 0 Å². The zero-order valence-corrected chi connectivity index (χ0v) is 10.6. The van der Waals surface area contributed by atoms with Crippen molar-refractivity contribution in [3.63, 3.8) is 0 Å². The molecule has 0 saturated carbocycles. The van der Waals surface area contributed by atoms with Crippen LogP contribution >= 0.6 is 0 Å². The van der Waals surface area contributed by atoms with E-state index in [2.05, 4.69) is 49.3 Å². The fourth-order valence-corrected chi connectivity index (χ4v) is 2.53. The molecule has 16 heavy (non-hydrogen) atoms. The lowest BCUT2D eigenvalue weighted by atomic mass is 10.0. The number of hydrogen-bond donors (Lipinski definition) is 1. The molecule has 0 amide bonds. The summed E-state index contributed by atoms with van der Waals surface area (Å²) in [6, 6.07) is 7.26. The highest BCUT2D eigenvalue weighted by Gasteiger charge is 2.21. The Kier molecular flexibility index (Phi) is 3.62. The van der Waals surface area contributed by atoms with Crippen LogP contribution in [0.1, 0.15) is 23.1 Å².